The zero-order chi connectivity index (χ0) is 14.5. The Kier molecular flexibility index (Phi) is 5.47. The minimum absolute atomic E-state index is 0.0473. The predicted molar refractivity (Wildman–Crippen MR) is 75.2 cm³/mol. The number of anilines is 1. The van der Waals surface area contributed by atoms with E-state index in [1.165, 1.54) is 18.4 Å². The lowest BCUT2D eigenvalue weighted by Crippen LogP contribution is -2.15. The molecule has 0 fully saturated rings. The van der Waals surface area contributed by atoms with Crippen LogP contribution in [-0.4, -0.2) is 24.0 Å². The van der Waals surface area contributed by atoms with Crippen molar-refractivity contribution in [2.24, 2.45) is 5.41 Å². The van der Waals surface area contributed by atoms with E-state index in [0.29, 0.717) is 17.2 Å². The number of hydrogen-bond donors (Lipinski definition) is 1. The Balaban J connectivity index is 2.45. The Morgan fingerprint density at radius 3 is 2.68 bits per heavy atom. The summed E-state index contributed by atoms with van der Waals surface area (Å²) in [5, 5.41) is 5.01. The van der Waals surface area contributed by atoms with Crippen molar-refractivity contribution < 1.29 is 14.3 Å². The molecule has 1 amide bonds. The second-order valence-electron chi connectivity index (χ2n) is 5.51. The van der Waals surface area contributed by atoms with E-state index in [4.69, 9.17) is 0 Å². The highest BCUT2D eigenvalue weighted by Gasteiger charge is 2.14. The van der Waals surface area contributed by atoms with E-state index in [1.807, 2.05) is 0 Å². The quantitative estimate of drug-likeness (QED) is 0.844. The van der Waals surface area contributed by atoms with Gasteiger partial charge in [-0.1, -0.05) is 20.8 Å². The van der Waals surface area contributed by atoms with E-state index < -0.39 is 0 Å². The highest BCUT2D eigenvalue weighted by atomic mass is 32.1. The number of amides is 1. The number of aromatic nitrogens is 1. The van der Waals surface area contributed by atoms with Crippen molar-refractivity contribution in [2.45, 2.75) is 40.0 Å². The summed E-state index contributed by atoms with van der Waals surface area (Å²) in [5.41, 5.74) is 0.749. The van der Waals surface area contributed by atoms with E-state index in [1.54, 1.807) is 5.38 Å². The van der Waals surface area contributed by atoms with Gasteiger partial charge in [-0.05, 0) is 11.8 Å². The number of methoxy groups -OCH3 is 1. The summed E-state index contributed by atoms with van der Waals surface area (Å²) in [5.74, 6) is -0.384. The van der Waals surface area contributed by atoms with Crippen LogP contribution in [0.2, 0.25) is 0 Å². The Hall–Kier alpha value is -1.43. The van der Waals surface area contributed by atoms with Crippen LogP contribution < -0.4 is 5.32 Å². The van der Waals surface area contributed by atoms with Gasteiger partial charge in [0.25, 0.3) is 0 Å². The van der Waals surface area contributed by atoms with Crippen molar-refractivity contribution in [1.82, 2.24) is 4.98 Å². The molecular weight excluding hydrogens is 264 g/mol. The van der Waals surface area contributed by atoms with Crippen molar-refractivity contribution in [1.29, 1.82) is 0 Å². The third-order valence-corrected chi connectivity index (χ3v) is 3.26. The van der Waals surface area contributed by atoms with Crippen LogP contribution in [0.3, 0.4) is 0 Å². The van der Waals surface area contributed by atoms with E-state index >= 15 is 0 Å². The first kappa shape index (κ1) is 15.6. The van der Waals surface area contributed by atoms with Crippen molar-refractivity contribution in [2.75, 3.05) is 12.4 Å². The predicted octanol–water partition coefficient (Wildman–Crippen LogP) is 2.62. The molecule has 0 bridgehead atoms. The summed E-state index contributed by atoms with van der Waals surface area (Å²) in [7, 11) is 1.34. The molecule has 6 heteroatoms. The van der Waals surface area contributed by atoms with Crippen LogP contribution in [0.15, 0.2) is 5.38 Å². The van der Waals surface area contributed by atoms with Gasteiger partial charge in [0.05, 0.1) is 19.2 Å². The van der Waals surface area contributed by atoms with Crippen LogP contribution in [0.25, 0.3) is 0 Å². The lowest BCUT2D eigenvalue weighted by Gasteiger charge is -2.16. The van der Waals surface area contributed by atoms with Gasteiger partial charge in [0, 0.05) is 11.8 Å². The maximum Gasteiger partial charge on any atom is 0.311 e. The van der Waals surface area contributed by atoms with Crippen LogP contribution in [0.4, 0.5) is 5.13 Å². The molecule has 0 aliphatic rings. The molecule has 1 rings (SSSR count). The molecule has 0 aromatic carbocycles. The minimum Gasteiger partial charge on any atom is -0.469 e. The molecule has 0 unspecified atom stereocenters. The number of nitrogens with one attached hydrogen (secondary N) is 1. The van der Waals surface area contributed by atoms with E-state index in [0.717, 1.165) is 6.42 Å². The lowest BCUT2D eigenvalue weighted by molar-refractivity contribution is -0.139. The van der Waals surface area contributed by atoms with E-state index in [-0.39, 0.29) is 23.7 Å². The van der Waals surface area contributed by atoms with Crippen molar-refractivity contribution in [3.8, 4) is 0 Å². The smallest absolute Gasteiger partial charge is 0.311 e. The Labute approximate surface area is 117 Å². The summed E-state index contributed by atoms with van der Waals surface area (Å²) in [6, 6.07) is 0. The lowest BCUT2D eigenvalue weighted by atomic mass is 9.90. The van der Waals surface area contributed by atoms with E-state index in [9.17, 15) is 9.59 Å². The second kappa shape index (κ2) is 6.65. The topological polar surface area (TPSA) is 68.3 Å². The molecule has 1 heterocycles. The Morgan fingerprint density at radius 2 is 2.11 bits per heavy atom. The van der Waals surface area contributed by atoms with E-state index in [2.05, 4.69) is 35.8 Å². The molecule has 0 spiro atoms. The molecule has 1 aromatic heterocycles. The summed E-state index contributed by atoms with van der Waals surface area (Å²) >= 11 is 1.31. The summed E-state index contributed by atoms with van der Waals surface area (Å²) in [6.07, 6.45) is 1.42. The van der Waals surface area contributed by atoms with Crippen LogP contribution in [0.1, 0.15) is 39.3 Å². The molecule has 1 aromatic rings. The molecule has 0 radical (unpaired) electrons. The number of hydrogen-bond acceptors (Lipinski definition) is 5. The fourth-order valence-electron chi connectivity index (χ4n) is 1.34. The number of carbonyl (C=O) groups is 2. The molecule has 106 valence electrons. The van der Waals surface area contributed by atoms with Crippen molar-refractivity contribution in [3.05, 3.63) is 11.1 Å². The number of esters is 1. The van der Waals surface area contributed by atoms with Gasteiger partial charge in [0.2, 0.25) is 5.91 Å². The summed E-state index contributed by atoms with van der Waals surface area (Å²) in [4.78, 5) is 27.0. The Bertz CT molecular complexity index is 449. The van der Waals surface area contributed by atoms with Crippen LogP contribution in [0, 0.1) is 5.41 Å². The minimum atomic E-state index is -0.337. The molecular formula is C13H20N2O3S. The van der Waals surface area contributed by atoms with Gasteiger partial charge in [-0.15, -0.1) is 11.3 Å². The standard InChI is InChI=1S/C13H20N2O3S/c1-13(2,3)6-5-10(16)15-12-14-9(8-19-12)7-11(17)18-4/h8H,5-7H2,1-4H3,(H,14,15,16). The third kappa shape index (κ3) is 6.33. The van der Waals surface area contributed by atoms with Crippen molar-refractivity contribution >= 4 is 28.3 Å². The van der Waals surface area contributed by atoms with Gasteiger partial charge in [0.15, 0.2) is 5.13 Å². The monoisotopic (exact) mass is 284 g/mol. The first-order valence-corrected chi connectivity index (χ1v) is 6.99. The molecule has 0 aliphatic heterocycles. The fourth-order valence-corrected chi connectivity index (χ4v) is 2.06. The van der Waals surface area contributed by atoms with Crippen LogP contribution in [0.5, 0.6) is 0 Å². The van der Waals surface area contributed by atoms with Gasteiger partial charge in [-0.3, -0.25) is 9.59 Å². The zero-order valence-electron chi connectivity index (χ0n) is 11.8. The number of carbonyl (C=O) groups excluding carboxylic acids is 2. The van der Waals surface area contributed by atoms with Gasteiger partial charge in [-0.2, -0.15) is 0 Å². The first-order chi connectivity index (χ1) is 8.80. The fraction of sp³-hybridized carbons (Fsp3) is 0.615. The Morgan fingerprint density at radius 1 is 1.42 bits per heavy atom. The highest BCUT2D eigenvalue weighted by Crippen LogP contribution is 2.21. The van der Waals surface area contributed by atoms with Crippen LogP contribution >= 0.6 is 11.3 Å². The average molecular weight is 284 g/mol. The molecule has 0 aliphatic carbocycles. The van der Waals surface area contributed by atoms with Gasteiger partial charge in [-0.25, -0.2) is 4.98 Å². The summed E-state index contributed by atoms with van der Waals surface area (Å²) in [6.45, 7) is 6.29. The van der Waals surface area contributed by atoms with Crippen LogP contribution in [-0.2, 0) is 20.7 Å². The number of rotatable bonds is 5. The molecule has 0 saturated carbocycles. The molecule has 1 N–H and O–H groups in total. The zero-order valence-corrected chi connectivity index (χ0v) is 12.6. The number of ether oxygens (including phenoxy) is 1. The number of thiazole rings is 1. The maximum atomic E-state index is 11.7. The normalized spacial score (nSPS) is 11.2. The molecule has 0 atom stereocenters. The first-order valence-electron chi connectivity index (χ1n) is 6.11. The van der Waals surface area contributed by atoms with Crippen molar-refractivity contribution in [3.63, 3.8) is 0 Å². The average Bonchev–Trinajstić information content (AvgIpc) is 2.73. The largest absolute Gasteiger partial charge is 0.469 e. The second-order valence-corrected chi connectivity index (χ2v) is 6.36. The molecule has 0 saturated heterocycles. The molecule has 5 nitrogen and oxygen atoms in total. The molecule has 19 heavy (non-hydrogen) atoms. The summed E-state index contributed by atoms with van der Waals surface area (Å²) < 4.78 is 4.56. The van der Waals surface area contributed by atoms with Gasteiger partial charge >= 0.3 is 5.97 Å². The van der Waals surface area contributed by atoms with Gasteiger partial charge < -0.3 is 10.1 Å². The SMILES string of the molecule is COC(=O)Cc1csc(NC(=O)CCC(C)(C)C)n1. The highest BCUT2D eigenvalue weighted by molar-refractivity contribution is 7.13. The van der Waals surface area contributed by atoms with Gasteiger partial charge in [0.1, 0.15) is 0 Å². The number of nitrogens with zero attached hydrogens (tertiary/aromatic N) is 1. The third-order valence-electron chi connectivity index (χ3n) is 2.45. The maximum absolute atomic E-state index is 11.7.